The number of nitrogens with two attached hydrogens (primary N) is 1. The lowest BCUT2D eigenvalue weighted by atomic mass is 10.1. The van der Waals surface area contributed by atoms with Gasteiger partial charge in [0.1, 0.15) is 12.4 Å². The zero-order valence-corrected chi connectivity index (χ0v) is 12.2. The standard InChI is InChI=1S/C17H15ClN2O/c1-2-3-13-9-15(20)6-7-17(13)21-11-14-5-4-12(10-19)8-16(14)18/h2,4-9H,1,3,11,20H2. The van der Waals surface area contributed by atoms with Gasteiger partial charge >= 0.3 is 0 Å². The summed E-state index contributed by atoms with van der Waals surface area (Å²) in [5, 5.41) is 9.34. The van der Waals surface area contributed by atoms with Crippen molar-refractivity contribution in [1.29, 1.82) is 5.26 Å². The largest absolute Gasteiger partial charge is 0.489 e. The summed E-state index contributed by atoms with van der Waals surface area (Å²) in [5.74, 6) is 0.754. The van der Waals surface area contributed by atoms with Gasteiger partial charge in [0.25, 0.3) is 0 Å². The maximum Gasteiger partial charge on any atom is 0.123 e. The molecule has 2 aromatic rings. The predicted octanol–water partition coefficient (Wildman–Crippen LogP) is 4.10. The van der Waals surface area contributed by atoms with Crippen LogP contribution in [-0.2, 0) is 13.0 Å². The Bertz CT molecular complexity index is 704. The van der Waals surface area contributed by atoms with Gasteiger partial charge in [-0.2, -0.15) is 5.26 Å². The van der Waals surface area contributed by atoms with Crippen molar-refractivity contribution >= 4 is 17.3 Å². The highest BCUT2D eigenvalue weighted by atomic mass is 35.5. The SMILES string of the molecule is C=CCc1cc(N)ccc1OCc1ccc(C#N)cc1Cl. The summed E-state index contributed by atoms with van der Waals surface area (Å²) < 4.78 is 5.81. The summed E-state index contributed by atoms with van der Waals surface area (Å²) in [6.45, 7) is 4.06. The van der Waals surface area contributed by atoms with Crippen molar-refractivity contribution in [3.63, 3.8) is 0 Å². The topological polar surface area (TPSA) is 59.0 Å². The van der Waals surface area contributed by atoms with Crippen molar-refractivity contribution in [3.8, 4) is 11.8 Å². The molecule has 3 nitrogen and oxygen atoms in total. The van der Waals surface area contributed by atoms with Gasteiger partial charge in [0.05, 0.1) is 11.6 Å². The number of hydrogen-bond donors (Lipinski definition) is 1. The Balaban J connectivity index is 2.16. The fourth-order valence-corrected chi connectivity index (χ4v) is 2.18. The number of benzene rings is 2. The van der Waals surface area contributed by atoms with Gasteiger partial charge in [-0.25, -0.2) is 0 Å². The Morgan fingerprint density at radius 2 is 2.05 bits per heavy atom. The number of nitriles is 1. The molecule has 0 radical (unpaired) electrons. The molecule has 0 unspecified atom stereocenters. The first-order chi connectivity index (χ1) is 10.1. The van der Waals surface area contributed by atoms with Gasteiger partial charge in [0.15, 0.2) is 0 Å². The minimum Gasteiger partial charge on any atom is -0.489 e. The van der Waals surface area contributed by atoms with E-state index in [4.69, 9.17) is 27.3 Å². The van der Waals surface area contributed by atoms with Crippen LogP contribution in [0.3, 0.4) is 0 Å². The van der Waals surface area contributed by atoms with Gasteiger partial charge in [0, 0.05) is 16.3 Å². The molecule has 21 heavy (non-hydrogen) atoms. The quantitative estimate of drug-likeness (QED) is 0.668. The highest BCUT2D eigenvalue weighted by Gasteiger charge is 2.06. The molecule has 0 aliphatic carbocycles. The Hall–Kier alpha value is -2.44. The van der Waals surface area contributed by atoms with Gasteiger partial charge in [0.2, 0.25) is 0 Å². The van der Waals surface area contributed by atoms with E-state index in [2.05, 4.69) is 12.6 Å². The van der Waals surface area contributed by atoms with Gasteiger partial charge in [-0.3, -0.25) is 0 Å². The zero-order chi connectivity index (χ0) is 15.2. The number of halogens is 1. The van der Waals surface area contributed by atoms with Gasteiger partial charge in [-0.15, -0.1) is 6.58 Å². The summed E-state index contributed by atoms with van der Waals surface area (Å²) in [5.41, 5.74) is 8.81. The molecule has 0 aliphatic heterocycles. The van der Waals surface area contributed by atoms with E-state index in [0.29, 0.717) is 29.3 Å². The van der Waals surface area contributed by atoms with E-state index in [0.717, 1.165) is 16.9 Å². The second kappa shape index (κ2) is 6.83. The number of nitrogens with zero attached hydrogens (tertiary/aromatic N) is 1. The van der Waals surface area contributed by atoms with Gasteiger partial charge in [-0.05, 0) is 42.3 Å². The normalized spacial score (nSPS) is 9.90. The molecule has 0 amide bonds. The van der Waals surface area contributed by atoms with Crippen LogP contribution in [0.4, 0.5) is 5.69 Å². The van der Waals surface area contributed by atoms with Crippen LogP contribution in [0, 0.1) is 11.3 Å². The van der Waals surface area contributed by atoms with E-state index >= 15 is 0 Å². The minimum atomic E-state index is 0.332. The molecule has 4 heteroatoms. The van der Waals surface area contributed by atoms with E-state index in [-0.39, 0.29) is 0 Å². The number of rotatable bonds is 5. The number of nitrogen functional groups attached to an aromatic ring is 1. The molecule has 0 bridgehead atoms. The van der Waals surface area contributed by atoms with Crippen molar-refractivity contribution in [3.05, 3.63) is 70.8 Å². The number of anilines is 1. The van der Waals surface area contributed by atoms with Crippen LogP contribution in [0.15, 0.2) is 49.1 Å². The third kappa shape index (κ3) is 3.77. The minimum absolute atomic E-state index is 0.332. The van der Waals surface area contributed by atoms with E-state index in [1.165, 1.54) is 0 Å². The summed E-state index contributed by atoms with van der Waals surface area (Å²) in [6, 6.07) is 12.7. The Kier molecular flexibility index (Phi) is 4.86. The average molecular weight is 299 g/mol. The van der Waals surface area contributed by atoms with Crippen molar-refractivity contribution in [2.45, 2.75) is 13.0 Å². The van der Waals surface area contributed by atoms with Crippen LogP contribution in [-0.4, -0.2) is 0 Å². The molecule has 0 spiro atoms. The molecule has 0 aliphatic rings. The lowest BCUT2D eigenvalue weighted by molar-refractivity contribution is 0.303. The van der Waals surface area contributed by atoms with Crippen molar-refractivity contribution in [2.75, 3.05) is 5.73 Å². The van der Waals surface area contributed by atoms with Crippen LogP contribution in [0.1, 0.15) is 16.7 Å². The zero-order valence-electron chi connectivity index (χ0n) is 11.5. The monoisotopic (exact) mass is 298 g/mol. The van der Waals surface area contributed by atoms with Gasteiger partial charge in [-0.1, -0.05) is 23.7 Å². The molecule has 2 rings (SSSR count). The number of allylic oxidation sites excluding steroid dienone is 1. The second-order valence-corrected chi connectivity index (χ2v) is 4.97. The molecule has 106 valence electrons. The first-order valence-corrected chi connectivity index (χ1v) is 6.82. The molecule has 0 heterocycles. The van der Waals surface area contributed by atoms with E-state index in [9.17, 15) is 0 Å². The third-order valence-electron chi connectivity index (χ3n) is 3.01. The molecule has 0 saturated heterocycles. The van der Waals surface area contributed by atoms with Crippen molar-refractivity contribution < 1.29 is 4.74 Å². The maximum atomic E-state index is 8.82. The molecule has 2 aromatic carbocycles. The number of hydrogen-bond acceptors (Lipinski definition) is 3. The van der Waals surface area contributed by atoms with Crippen LogP contribution >= 0.6 is 11.6 Å². The summed E-state index contributed by atoms with van der Waals surface area (Å²) in [7, 11) is 0. The first-order valence-electron chi connectivity index (χ1n) is 6.44. The van der Waals surface area contributed by atoms with Crippen molar-refractivity contribution in [2.24, 2.45) is 0 Å². The van der Waals surface area contributed by atoms with Crippen LogP contribution in [0.25, 0.3) is 0 Å². The third-order valence-corrected chi connectivity index (χ3v) is 3.37. The lowest BCUT2D eigenvalue weighted by Crippen LogP contribution is -2.00. The molecular weight excluding hydrogens is 284 g/mol. The Morgan fingerprint density at radius 1 is 1.24 bits per heavy atom. The lowest BCUT2D eigenvalue weighted by Gasteiger charge is -2.12. The van der Waals surface area contributed by atoms with E-state index in [1.807, 2.05) is 12.1 Å². The fraction of sp³-hybridized carbons (Fsp3) is 0.118. The molecular formula is C17H15ClN2O. The Labute approximate surface area is 129 Å². The second-order valence-electron chi connectivity index (χ2n) is 4.57. The number of ether oxygens (including phenoxy) is 1. The molecule has 0 saturated carbocycles. The predicted molar refractivity (Wildman–Crippen MR) is 85.3 cm³/mol. The van der Waals surface area contributed by atoms with Crippen LogP contribution < -0.4 is 10.5 Å². The molecule has 2 N–H and O–H groups in total. The van der Waals surface area contributed by atoms with Crippen molar-refractivity contribution in [1.82, 2.24) is 0 Å². The van der Waals surface area contributed by atoms with E-state index in [1.54, 1.807) is 30.3 Å². The van der Waals surface area contributed by atoms with E-state index < -0.39 is 0 Å². The van der Waals surface area contributed by atoms with Gasteiger partial charge < -0.3 is 10.5 Å². The molecule has 0 fully saturated rings. The maximum absolute atomic E-state index is 8.82. The van der Waals surface area contributed by atoms with Crippen LogP contribution in [0.5, 0.6) is 5.75 Å². The molecule has 0 aromatic heterocycles. The summed E-state index contributed by atoms with van der Waals surface area (Å²) >= 11 is 6.13. The first kappa shape index (κ1) is 15.0. The average Bonchev–Trinajstić information content (AvgIpc) is 2.48. The fourth-order valence-electron chi connectivity index (χ4n) is 1.94. The highest BCUT2D eigenvalue weighted by molar-refractivity contribution is 6.31. The highest BCUT2D eigenvalue weighted by Crippen LogP contribution is 2.25. The summed E-state index contributed by atoms with van der Waals surface area (Å²) in [4.78, 5) is 0. The molecule has 0 atom stereocenters. The summed E-state index contributed by atoms with van der Waals surface area (Å²) in [6.07, 6.45) is 2.48. The Morgan fingerprint density at radius 3 is 2.71 bits per heavy atom. The van der Waals surface area contributed by atoms with Crippen LogP contribution in [0.2, 0.25) is 5.02 Å². The smallest absolute Gasteiger partial charge is 0.123 e.